The molecule has 1 aliphatic carbocycles. The smallest absolute Gasteiger partial charge is 0.0651 e. The van der Waals surface area contributed by atoms with Gasteiger partial charge in [-0.25, -0.2) is 0 Å². The summed E-state index contributed by atoms with van der Waals surface area (Å²) in [4.78, 5) is 0. The van der Waals surface area contributed by atoms with E-state index in [0.29, 0.717) is 0 Å². The Bertz CT molecular complexity index is 391. The predicted molar refractivity (Wildman–Crippen MR) is 92.7 cm³/mol. The molecule has 1 aromatic rings. The highest BCUT2D eigenvalue weighted by molar-refractivity contribution is 5.24. The fourth-order valence-electron chi connectivity index (χ4n) is 3.16. The summed E-state index contributed by atoms with van der Waals surface area (Å²) in [5.41, 5.74) is 2.47. The monoisotopic (exact) mass is 288 g/mol. The van der Waals surface area contributed by atoms with E-state index in [2.05, 4.69) is 44.3 Å². The van der Waals surface area contributed by atoms with Gasteiger partial charge in [0.25, 0.3) is 0 Å². The third-order valence-corrected chi connectivity index (χ3v) is 4.47. The molecule has 0 unspecified atom stereocenters. The van der Waals surface area contributed by atoms with Crippen molar-refractivity contribution < 1.29 is 5.11 Å². The molecule has 0 bridgehead atoms. The zero-order chi connectivity index (χ0) is 15.6. The molecule has 0 spiro atoms. The maximum absolute atomic E-state index is 10.5. The van der Waals surface area contributed by atoms with Crippen LogP contribution in [0.3, 0.4) is 0 Å². The van der Waals surface area contributed by atoms with Gasteiger partial charge in [-0.05, 0) is 49.7 Å². The number of aryl methyl sites for hydroxylation is 2. The molecular formula is C20H32O. The predicted octanol–water partition coefficient (Wildman–Crippen LogP) is 5.46. The summed E-state index contributed by atoms with van der Waals surface area (Å²) in [5, 5.41) is 10.5. The first-order valence-corrected chi connectivity index (χ1v) is 8.52. The number of hydrogen-bond acceptors (Lipinski definition) is 1. The molecule has 2 rings (SSSR count). The largest absolute Gasteiger partial charge is 0.390 e. The van der Waals surface area contributed by atoms with Gasteiger partial charge in [0.2, 0.25) is 0 Å². The lowest BCUT2D eigenvalue weighted by atomic mass is 9.81. The third kappa shape index (κ3) is 6.48. The quantitative estimate of drug-likeness (QED) is 0.689. The molecule has 1 aliphatic rings. The van der Waals surface area contributed by atoms with E-state index in [1.165, 1.54) is 49.7 Å². The normalized spacial score (nSPS) is 16.9. The Morgan fingerprint density at radius 3 is 2.29 bits per heavy atom. The van der Waals surface area contributed by atoms with Crippen LogP contribution in [0.4, 0.5) is 0 Å². The van der Waals surface area contributed by atoms with Crippen LogP contribution >= 0.6 is 0 Å². The SMILES string of the molecule is C=C.CCCCc1cccc(CCC2(O)CCCCC2)c1. The molecular weight excluding hydrogens is 256 g/mol. The second-order valence-electron chi connectivity index (χ2n) is 6.21. The van der Waals surface area contributed by atoms with Gasteiger partial charge in [0.05, 0.1) is 5.60 Å². The summed E-state index contributed by atoms with van der Waals surface area (Å²) in [6.45, 7) is 8.24. The average Bonchev–Trinajstić information content (AvgIpc) is 2.54. The number of hydrogen-bond donors (Lipinski definition) is 1. The highest BCUT2D eigenvalue weighted by Crippen LogP contribution is 2.31. The van der Waals surface area contributed by atoms with Crippen molar-refractivity contribution in [3.05, 3.63) is 48.6 Å². The van der Waals surface area contributed by atoms with Crippen LogP contribution in [0.1, 0.15) is 69.4 Å². The van der Waals surface area contributed by atoms with E-state index in [4.69, 9.17) is 0 Å². The molecule has 0 aliphatic heterocycles. The Labute approximate surface area is 131 Å². The fourth-order valence-corrected chi connectivity index (χ4v) is 3.16. The van der Waals surface area contributed by atoms with Crippen molar-refractivity contribution in [2.45, 2.75) is 76.7 Å². The minimum Gasteiger partial charge on any atom is -0.390 e. The van der Waals surface area contributed by atoms with Crippen molar-refractivity contribution in [1.29, 1.82) is 0 Å². The van der Waals surface area contributed by atoms with Crippen LogP contribution in [0.25, 0.3) is 0 Å². The summed E-state index contributed by atoms with van der Waals surface area (Å²) >= 11 is 0. The van der Waals surface area contributed by atoms with Crippen LogP contribution in [-0.4, -0.2) is 10.7 Å². The van der Waals surface area contributed by atoms with Gasteiger partial charge in [0, 0.05) is 0 Å². The van der Waals surface area contributed by atoms with Gasteiger partial charge in [0.15, 0.2) is 0 Å². The Balaban J connectivity index is 0.00000106. The van der Waals surface area contributed by atoms with Crippen molar-refractivity contribution in [2.75, 3.05) is 0 Å². The van der Waals surface area contributed by atoms with Gasteiger partial charge in [-0.3, -0.25) is 0 Å². The fraction of sp³-hybridized carbons (Fsp3) is 0.600. The zero-order valence-corrected chi connectivity index (χ0v) is 13.7. The highest BCUT2D eigenvalue weighted by atomic mass is 16.3. The van der Waals surface area contributed by atoms with E-state index >= 15 is 0 Å². The number of benzene rings is 1. The average molecular weight is 288 g/mol. The van der Waals surface area contributed by atoms with Crippen LogP contribution in [-0.2, 0) is 12.8 Å². The van der Waals surface area contributed by atoms with Gasteiger partial charge in [-0.1, -0.05) is 56.9 Å². The minimum absolute atomic E-state index is 0.377. The summed E-state index contributed by atoms with van der Waals surface area (Å²) in [7, 11) is 0. The number of aliphatic hydroxyl groups is 1. The Morgan fingerprint density at radius 2 is 1.67 bits per heavy atom. The first-order chi connectivity index (χ1) is 10.2. The first kappa shape index (κ1) is 18.0. The van der Waals surface area contributed by atoms with Crippen LogP contribution < -0.4 is 0 Å². The molecule has 0 aromatic heterocycles. The summed E-state index contributed by atoms with van der Waals surface area (Å²) in [6, 6.07) is 8.95. The topological polar surface area (TPSA) is 20.2 Å². The Kier molecular flexibility index (Phi) is 8.37. The van der Waals surface area contributed by atoms with E-state index in [1.807, 2.05) is 0 Å². The number of rotatable bonds is 6. The third-order valence-electron chi connectivity index (χ3n) is 4.47. The Morgan fingerprint density at radius 1 is 1.05 bits per heavy atom. The molecule has 1 fully saturated rings. The van der Waals surface area contributed by atoms with Crippen molar-refractivity contribution >= 4 is 0 Å². The molecule has 0 saturated heterocycles. The summed E-state index contributed by atoms with van der Waals surface area (Å²) < 4.78 is 0. The van der Waals surface area contributed by atoms with Crippen molar-refractivity contribution in [1.82, 2.24) is 0 Å². The van der Waals surface area contributed by atoms with E-state index in [0.717, 1.165) is 25.7 Å². The van der Waals surface area contributed by atoms with Gasteiger partial charge >= 0.3 is 0 Å². The van der Waals surface area contributed by atoms with E-state index in [1.54, 1.807) is 0 Å². The van der Waals surface area contributed by atoms with Crippen molar-refractivity contribution in [3.8, 4) is 0 Å². The summed E-state index contributed by atoms with van der Waals surface area (Å²) in [5.74, 6) is 0. The molecule has 1 nitrogen and oxygen atoms in total. The second-order valence-corrected chi connectivity index (χ2v) is 6.21. The minimum atomic E-state index is -0.377. The molecule has 0 amide bonds. The van der Waals surface area contributed by atoms with Crippen LogP contribution in [0.5, 0.6) is 0 Å². The first-order valence-electron chi connectivity index (χ1n) is 8.52. The molecule has 0 atom stereocenters. The molecule has 1 saturated carbocycles. The second kappa shape index (κ2) is 9.78. The lowest BCUT2D eigenvalue weighted by molar-refractivity contribution is -0.00342. The van der Waals surface area contributed by atoms with E-state index in [-0.39, 0.29) is 5.60 Å². The van der Waals surface area contributed by atoms with Crippen LogP contribution in [0, 0.1) is 0 Å². The lowest BCUT2D eigenvalue weighted by Crippen LogP contribution is -2.31. The maximum atomic E-state index is 10.5. The molecule has 21 heavy (non-hydrogen) atoms. The molecule has 1 aromatic carbocycles. The maximum Gasteiger partial charge on any atom is 0.0651 e. The molecule has 118 valence electrons. The molecule has 0 heterocycles. The van der Waals surface area contributed by atoms with E-state index < -0.39 is 0 Å². The van der Waals surface area contributed by atoms with Gasteiger partial charge in [-0.15, -0.1) is 13.2 Å². The number of unbranched alkanes of at least 4 members (excludes halogenated alkanes) is 1. The van der Waals surface area contributed by atoms with Gasteiger partial charge in [-0.2, -0.15) is 0 Å². The lowest BCUT2D eigenvalue weighted by Gasteiger charge is -2.32. The zero-order valence-electron chi connectivity index (χ0n) is 13.7. The van der Waals surface area contributed by atoms with Crippen molar-refractivity contribution in [3.63, 3.8) is 0 Å². The van der Waals surface area contributed by atoms with Crippen molar-refractivity contribution in [2.24, 2.45) is 0 Å². The highest BCUT2D eigenvalue weighted by Gasteiger charge is 2.28. The van der Waals surface area contributed by atoms with E-state index in [9.17, 15) is 5.11 Å². The van der Waals surface area contributed by atoms with Gasteiger partial charge in [0.1, 0.15) is 0 Å². The molecule has 0 radical (unpaired) electrons. The van der Waals surface area contributed by atoms with Crippen LogP contribution in [0.15, 0.2) is 37.4 Å². The summed E-state index contributed by atoms with van der Waals surface area (Å²) in [6.07, 6.45) is 11.4. The molecule has 1 N–H and O–H groups in total. The molecule has 1 heteroatoms. The standard InChI is InChI=1S/C18H28O.C2H4/c1-2-3-8-16-9-7-10-17(15-16)11-14-18(19)12-5-4-6-13-18;1-2/h7,9-10,15,19H,2-6,8,11-14H2,1H3;1-2H2. The Hall–Kier alpha value is -1.08. The van der Waals surface area contributed by atoms with Gasteiger partial charge < -0.3 is 5.11 Å². The van der Waals surface area contributed by atoms with Crippen LogP contribution in [0.2, 0.25) is 0 Å².